The zero-order chi connectivity index (χ0) is 19.4. The molecule has 3 rings (SSSR count). The number of pyridine rings is 1. The molecular formula is C20H23N3O3S. The Balaban J connectivity index is 1.98. The molecule has 1 unspecified atom stereocenters. The molecule has 2 aromatic rings. The number of ketones is 1. The third kappa shape index (κ3) is 3.79. The van der Waals surface area contributed by atoms with Crippen molar-refractivity contribution in [2.75, 3.05) is 26.2 Å². The van der Waals surface area contributed by atoms with Crippen molar-refractivity contribution in [1.82, 2.24) is 9.88 Å². The van der Waals surface area contributed by atoms with Crippen molar-refractivity contribution >= 4 is 23.0 Å². The molecule has 3 heterocycles. The van der Waals surface area contributed by atoms with Crippen LogP contribution in [0.25, 0.3) is 0 Å². The summed E-state index contributed by atoms with van der Waals surface area (Å²) in [7, 11) is 0. The van der Waals surface area contributed by atoms with Gasteiger partial charge in [0, 0.05) is 18.0 Å². The number of quaternary nitrogens is 1. The van der Waals surface area contributed by atoms with Crippen molar-refractivity contribution in [3.8, 4) is 0 Å². The SMILES string of the molecule is CC[NH+](CC)CCN1C(=O)C([O-])=C(C(=O)c2cccs2)C1c1ccncc1. The summed E-state index contributed by atoms with van der Waals surface area (Å²) in [6, 6.07) is 6.31. The number of carbonyl (C=O) groups excluding carboxylic acids is 2. The minimum atomic E-state index is -0.690. The number of nitrogens with one attached hydrogen (secondary N) is 1. The zero-order valence-corrected chi connectivity index (χ0v) is 16.3. The predicted octanol–water partition coefficient (Wildman–Crippen LogP) is 0.448. The van der Waals surface area contributed by atoms with Crippen molar-refractivity contribution in [1.29, 1.82) is 0 Å². The first-order chi connectivity index (χ1) is 13.1. The molecule has 0 saturated carbocycles. The van der Waals surface area contributed by atoms with E-state index in [0.29, 0.717) is 11.4 Å². The molecule has 1 aliphatic heterocycles. The quantitative estimate of drug-likeness (QED) is 0.670. The number of rotatable bonds is 8. The number of hydrogen-bond acceptors (Lipinski definition) is 5. The van der Waals surface area contributed by atoms with E-state index in [2.05, 4.69) is 18.8 Å². The molecule has 1 amide bonds. The van der Waals surface area contributed by atoms with Crippen LogP contribution in [0, 0.1) is 0 Å². The number of aromatic nitrogens is 1. The molecule has 7 heteroatoms. The molecule has 0 saturated heterocycles. The molecule has 2 aromatic heterocycles. The fraction of sp³-hybridized carbons (Fsp3) is 0.350. The zero-order valence-electron chi connectivity index (χ0n) is 15.5. The molecular weight excluding hydrogens is 362 g/mol. The highest BCUT2D eigenvalue weighted by atomic mass is 32.1. The lowest BCUT2D eigenvalue weighted by atomic mass is 9.96. The molecule has 0 radical (unpaired) electrons. The smallest absolute Gasteiger partial charge is 0.240 e. The van der Waals surface area contributed by atoms with E-state index in [4.69, 9.17) is 0 Å². The van der Waals surface area contributed by atoms with Gasteiger partial charge in [-0.25, -0.2) is 0 Å². The third-order valence-corrected chi connectivity index (χ3v) is 5.87. The fourth-order valence-electron chi connectivity index (χ4n) is 3.42. The Morgan fingerprint density at radius 2 is 1.96 bits per heavy atom. The Labute approximate surface area is 162 Å². The van der Waals surface area contributed by atoms with Crippen molar-refractivity contribution in [2.45, 2.75) is 19.9 Å². The Hall–Kier alpha value is -2.51. The van der Waals surface area contributed by atoms with Gasteiger partial charge >= 0.3 is 0 Å². The topological polar surface area (TPSA) is 77.8 Å². The van der Waals surface area contributed by atoms with Gasteiger partial charge in [0.25, 0.3) is 0 Å². The molecule has 0 aromatic carbocycles. The third-order valence-electron chi connectivity index (χ3n) is 5.00. The van der Waals surface area contributed by atoms with Gasteiger partial charge in [0.15, 0.2) is 0 Å². The highest BCUT2D eigenvalue weighted by molar-refractivity contribution is 7.12. The summed E-state index contributed by atoms with van der Waals surface area (Å²) in [5.74, 6) is -1.64. The second-order valence-corrected chi connectivity index (χ2v) is 7.39. The van der Waals surface area contributed by atoms with Crippen LogP contribution in [0.4, 0.5) is 0 Å². The van der Waals surface area contributed by atoms with Crippen molar-refractivity contribution in [3.63, 3.8) is 0 Å². The lowest BCUT2D eigenvalue weighted by Gasteiger charge is -2.28. The van der Waals surface area contributed by atoms with Crippen LogP contribution in [0.2, 0.25) is 0 Å². The van der Waals surface area contributed by atoms with Gasteiger partial charge in [0.05, 0.1) is 37.1 Å². The fourth-order valence-corrected chi connectivity index (χ4v) is 4.09. The van der Waals surface area contributed by atoms with E-state index in [1.165, 1.54) is 16.2 Å². The van der Waals surface area contributed by atoms with E-state index in [-0.39, 0.29) is 11.4 Å². The summed E-state index contributed by atoms with van der Waals surface area (Å²) >= 11 is 1.28. The maximum Gasteiger partial charge on any atom is 0.240 e. The molecule has 27 heavy (non-hydrogen) atoms. The summed E-state index contributed by atoms with van der Waals surface area (Å²) in [4.78, 5) is 33.1. The molecule has 0 fully saturated rings. The van der Waals surface area contributed by atoms with Crippen LogP contribution >= 0.6 is 11.3 Å². The van der Waals surface area contributed by atoms with Gasteiger partial charge < -0.3 is 14.9 Å². The number of carbonyl (C=O) groups is 2. The Morgan fingerprint density at radius 1 is 1.26 bits per heavy atom. The lowest BCUT2D eigenvalue weighted by Crippen LogP contribution is -3.12. The highest BCUT2D eigenvalue weighted by Crippen LogP contribution is 2.38. The number of thiophene rings is 1. The van der Waals surface area contributed by atoms with E-state index in [1.54, 1.807) is 46.9 Å². The summed E-state index contributed by atoms with van der Waals surface area (Å²) in [5, 5.41) is 14.5. The summed E-state index contributed by atoms with van der Waals surface area (Å²) in [6.45, 7) is 7.22. The molecule has 0 bridgehead atoms. The highest BCUT2D eigenvalue weighted by Gasteiger charge is 2.39. The largest absolute Gasteiger partial charge is 0.868 e. The van der Waals surface area contributed by atoms with Crippen molar-refractivity contribution in [2.24, 2.45) is 0 Å². The van der Waals surface area contributed by atoms with Crippen molar-refractivity contribution in [3.05, 3.63) is 63.8 Å². The Bertz CT molecular complexity index is 829. The molecule has 1 atom stereocenters. The lowest BCUT2D eigenvalue weighted by molar-refractivity contribution is -0.895. The van der Waals surface area contributed by atoms with Crippen LogP contribution in [-0.2, 0) is 4.79 Å². The van der Waals surface area contributed by atoms with Gasteiger partial charge in [-0.3, -0.25) is 14.6 Å². The van der Waals surface area contributed by atoms with Gasteiger partial charge in [-0.2, -0.15) is 0 Å². The average molecular weight is 385 g/mol. The summed E-state index contributed by atoms with van der Waals surface area (Å²) < 4.78 is 0. The second kappa shape index (κ2) is 8.45. The van der Waals surface area contributed by atoms with Gasteiger partial charge in [-0.15, -0.1) is 11.3 Å². The summed E-state index contributed by atoms with van der Waals surface area (Å²) in [6.07, 6.45) is 3.23. The number of Topliss-reactive ketones (excluding diaryl/α,β-unsaturated/α-hetero) is 1. The first-order valence-corrected chi connectivity index (χ1v) is 10.00. The van der Waals surface area contributed by atoms with Crippen LogP contribution in [0.5, 0.6) is 0 Å². The Kier molecular flexibility index (Phi) is 6.03. The molecule has 0 spiro atoms. The second-order valence-electron chi connectivity index (χ2n) is 6.44. The number of nitrogens with zero attached hydrogens (tertiary/aromatic N) is 2. The minimum Gasteiger partial charge on any atom is -0.868 e. The monoisotopic (exact) mass is 385 g/mol. The van der Waals surface area contributed by atoms with E-state index < -0.39 is 17.7 Å². The normalized spacial score (nSPS) is 17.2. The standard InChI is InChI=1S/C20H23N3O3S/c1-3-22(4-2)11-12-23-17(14-7-9-21-10-8-14)16(19(25)20(23)26)18(24)15-6-5-13-27-15/h5-10,13,17,25H,3-4,11-12H2,1-2H3. The van der Waals surface area contributed by atoms with Crippen LogP contribution in [0.15, 0.2) is 53.4 Å². The molecule has 1 N–H and O–H groups in total. The number of amides is 1. The minimum absolute atomic E-state index is 0.0446. The van der Waals surface area contributed by atoms with Gasteiger partial charge in [0.2, 0.25) is 11.7 Å². The molecule has 0 aliphatic carbocycles. The van der Waals surface area contributed by atoms with E-state index in [0.717, 1.165) is 25.2 Å². The molecule has 6 nitrogen and oxygen atoms in total. The van der Waals surface area contributed by atoms with Crippen LogP contribution in [-0.4, -0.2) is 47.8 Å². The first-order valence-electron chi connectivity index (χ1n) is 9.12. The van der Waals surface area contributed by atoms with E-state index >= 15 is 0 Å². The Morgan fingerprint density at radius 3 is 2.56 bits per heavy atom. The number of hydrogen-bond donors (Lipinski definition) is 1. The van der Waals surface area contributed by atoms with Crippen LogP contribution < -0.4 is 10.0 Å². The first kappa shape index (κ1) is 19.3. The van der Waals surface area contributed by atoms with Crippen LogP contribution in [0.1, 0.15) is 35.1 Å². The van der Waals surface area contributed by atoms with Crippen LogP contribution in [0.3, 0.4) is 0 Å². The van der Waals surface area contributed by atoms with Gasteiger partial charge in [-0.05, 0) is 48.7 Å². The van der Waals surface area contributed by atoms with E-state index in [9.17, 15) is 14.7 Å². The summed E-state index contributed by atoms with van der Waals surface area (Å²) in [5.41, 5.74) is 0.779. The van der Waals surface area contributed by atoms with Crippen molar-refractivity contribution < 1.29 is 19.6 Å². The maximum absolute atomic E-state index is 13.0. The van der Waals surface area contributed by atoms with E-state index in [1.807, 2.05) is 0 Å². The molecule has 142 valence electrons. The van der Waals surface area contributed by atoms with Gasteiger partial charge in [0.1, 0.15) is 0 Å². The average Bonchev–Trinajstić information content (AvgIpc) is 3.31. The predicted molar refractivity (Wildman–Crippen MR) is 101 cm³/mol. The van der Waals surface area contributed by atoms with Gasteiger partial charge in [-0.1, -0.05) is 6.07 Å². The maximum atomic E-state index is 13.0. The number of likely N-dealkylation sites (N-methyl/N-ethyl adjacent to an activating group) is 1. The molecule has 1 aliphatic rings.